The van der Waals surface area contributed by atoms with Gasteiger partial charge in [-0.1, -0.05) is 38.1 Å². The Morgan fingerprint density at radius 3 is 2.59 bits per heavy atom. The van der Waals surface area contributed by atoms with E-state index in [2.05, 4.69) is 24.5 Å². The summed E-state index contributed by atoms with van der Waals surface area (Å²) >= 11 is 0. The predicted molar refractivity (Wildman–Crippen MR) is 130 cm³/mol. The highest BCUT2D eigenvalue weighted by atomic mass is 16.2. The zero-order chi connectivity index (χ0) is 24.7. The summed E-state index contributed by atoms with van der Waals surface area (Å²) in [6, 6.07) is 7.72. The zero-order valence-electron chi connectivity index (χ0n) is 20.7. The molecule has 1 aromatic carbocycles. The lowest BCUT2D eigenvalue weighted by Crippen LogP contribution is -2.60. The molecule has 0 saturated carbocycles. The minimum absolute atomic E-state index is 0.0842. The van der Waals surface area contributed by atoms with Crippen LogP contribution in [0.4, 0.5) is 0 Å². The van der Waals surface area contributed by atoms with Gasteiger partial charge in [-0.3, -0.25) is 19.2 Å². The Balaban J connectivity index is 1.93. The van der Waals surface area contributed by atoms with Crippen LogP contribution in [0, 0.1) is 5.92 Å². The van der Waals surface area contributed by atoms with E-state index in [1.54, 1.807) is 9.80 Å². The first kappa shape index (κ1) is 25.7. The summed E-state index contributed by atoms with van der Waals surface area (Å²) in [6.07, 6.45) is 3.67. The highest BCUT2D eigenvalue weighted by molar-refractivity contribution is 5.94. The molecule has 4 amide bonds. The van der Waals surface area contributed by atoms with Crippen LogP contribution in [-0.4, -0.2) is 66.2 Å². The molecular weight excluding hydrogens is 432 g/mol. The Labute approximate surface area is 202 Å². The Bertz CT molecular complexity index is 916. The van der Waals surface area contributed by atoms with Crippen molar-refractivity contribution < 1.29 is 19.2 Å². The molecule has 1 unspecified atom stereocenters. The molecule has 1 fully saturated rings. The van der Waals surface area contributed by atoms with Crippen LogP contribution in [0.25, 0.3) is 0 Å². The third-order valence-corrected chi connectivity index (χ3v) is 6.81. The van der Waals surface area contributed by atoms with Gasteiger partial charge in [0.25, 0.3) is 5.91 Å². The summed E-state index contributed by atoms with van der Waals surface area (Å²) in [4.78, 5) is 55.3. The van der Waals surface area contributed by atoms with Crippen LogP contribution < -0.4 is 10.6 Å². The minimum atomic E-state index is -1.19. The molecule has 3 rings (SSSR count). The van der Waals surface area contributed by atoms with Crippen molar-refractivity contribution in [1.29, 1.82) is 0 Å². The maximum Gasteiger partial charge on any atom is 0.250 e. The third kappa shape index (κ3) is 6.15. The molecule has 1 aliphatic carbocycles. The SMILES string of the molecule is CC(=O)N1CCCC(=O)N(CCC(C)C)CC(=O)NC2(CCCc3ccccc32)C(=O)NCC1. The monoisotopic (exact) mass is 470 g/mol. The van der Waals surface area contributed by atoms with E-state index >= 15 is 0 Å². The van der Waals surface area contributed by atoms with Crippen molar-refractivity contribution in [2.75, 3.05) is 32.7 Å². The zero-order valence-corrected chi connectivity index (χ0v) is 20.7. The molecule has 2 N–H and O–H groups in total. The molecule has 1 aromatic rings. The van der Waals surface area contributed by atoms with Crippen molar-refractivity contribution in [3.8, 4) is 0 Å². The maximum atomic E-state index is 13.6. The molecule has 1 spiro atoms. The highest BCUT2D eigenvalue weighted by Gasteiger charge is 2.44. The Morgan fingerprint density at radius 1 is 1.09 bits per heavy atom. The summed E-state index contributed by atoms with van der Waals surface area (Å²) in [6.45, 7) is 7.14. The van der Waals surface area contributed by atoms with Gasteiger partial charge in [-0.25, -0.2) is 0 Å². The molecule has 8 nitrogen and oxygen atoms in total. The number of rotatable bonds is 3. The van der Waals surface area contributed by atoms with E-state index in [-0.39, 0.29) is 43.1 Å². The van der Waals surface area contributed by atoms with Crippen molar-refractivity contribution in [3.05, 3.63) is 35.4 Å². The summed E-state index contributed by atoms with van der Waals surface area (Å²) in [5.41, 5.74) is 0.662. The van der Waals surface area contributed by atoms with Crippen LogP contribution in [0.2, 0.25) is 0 Å². The number of carbonyl (C=O) groups excluding carboxylic acids is 4. The molecule has 34 heavy (non-hydrogen) atoms. The Morgan fingerprint density at radius 2 is 1.85 bits per heavy atom. The standard InChI is InChI=1S/C26H38N4O4/c1-19(2)12-16-30-18-23(32)28-26(13-6-9-21-8-4-5-10-22(21)26)25(34)27-14-17-29(20(3)31)15-7-11-24(30)33/h4-5,8,10,19H,6-7,9,11-18H2,1-3H3,(H,27,34)(H,28,32). The summed E-state index contributed by atoms with van der Waals surface area (Å²) < 4.78 is 0. The van der Waals surface area contributed by atoms with Crippen LogP contribution in [0.5, 0.6) is 0 Å². The first-order valence-electron chi connectivity index (χ1n) is 12.4. The van der Waals surface area contributed by atoms with E-state index < -0.39 is 5.54 Å². The number of nitrogens with zero attached hydrogens (tertiary/aromatic N) is 2. The molecule has 0 bridgehead atoms. The smallest absolute Gasteiger partial charge is 0.250 e. The predicted octanol–water partition coefficient (Wildman–Crippen LogP) is 1.97. The normalized spacial score (nSPS) is 22.8. The molecule has 186 valence electrons. The van der Waals surface area contributed by atoms with Crippen LogP contribution in [0.3, 0.4) is 0 Å². The van der Waals surface area contributed by atoms with Gasteiger partial charge < -0.3 is 20.4 Å². The molecule has 1 heterocycles. The number of aryl methyl sites for hydroxylation is 1. The molecule has 8 heteroatoms. The third-order valence-electron chi connectivity index (χ3n) is 6.81. The fraction of sp³-hybridized carbons (Fsp3) is 0.615. The van der Waals surface area contributed by atoms with E-state index in [9.17, 15) is 19.2 Å². The number of nitrogens with one attached hydrogen (secondary N) is 2. The van der Waals surface area contributed by atoms with Gasteiger partial charge in [0.15, 0.2) is 0 Å². The second-order valence-electron chi connectivity index (χ2n) is 9.83. The average molecular weight is 471 g/mol. The minimum Gasteiger partial charge on any atom is -0.352 e. The fourth-order valence-electron chi connectivity index (χ4n) is 4.87. The largest absolute Gasteiger partial charge is 0.352 e. The van der Waals surface area contributed by atoms with Crippen molar-refractivity contribution in [1.82, 2.24) is 20.4 Å². The lowest BCUT2D eigenvalue weighted by atomic mass is 9.75. The lowest BCUT2D eigenvalue weighted by molar-refractivity contribution is -0.140. The number of hydrogen-bond donors (Lipinski definition) is 2. The maximum absolute atomic E-state index is 13.6. The van der Waals surface area contributed by atoms with E-state index in [0.717, 1.165) is 30.4 Å². The van der Waals surface area contributed by atoms with E-state index in [1.165, 1.54) is 6.92 Å². The van der Waals surface area contributed by atoms with Gasteiger partial charge in [0.05, 0.1) is 6.54 Å². The molecule has 1 aliphatic heterocycles. The quantitative estimate of drug-likeness (QED) is 0.706. The van der Waals surface area contributed by atoms with Gasteiger partial charge in [0.1, 0.15) is 5.54 Å². The van der Waals surface area contributed by atoms with E-state index in [4.69, 9.17) is 0 Å². The van der Waals surface area contributed by atoms with Gasteiger partial charge in [-0.05, 0) is 49.1 Å². The molecule has 0 aromatic heterocycles. The fourth-order valence-corrected chi connectivity index (χ4v) is 4.87. The first-order valence-corrected chi connectivity index (χ1v) is 12.4. The van der Waals surface area contributed by atoms with Crippen molar-refractivity contribution >= 4 is 23.6 Å². The number of benzene rings is 1. The highest BCUT2D eigenvalue weighted by Crippen LogP contribution is 2.35. The topological polar surface area (TPSA) is 98.8 Å². The number of fused-ring (bicyclic) bond motifs is 2. The van der Waals surface area contributed by atoms with E-state index in [1.807, 2.05) is 24.3 Å². The van der Waals surface area contributed by atoms with Gasteiger partial charge in [0, 0.05) is 39.5 Å². The molecule has 0 radical (unpaired) electrons. The average Bonchev–Trinajstić information content (AvgIpc) is 2.79. The second kappa shape index (κ2) is 11.5. The van der Waals surface area contributed by atoms with Crippen LogP contribution in [0.15, 0.2) is 24.3 Å². The molecule has 1 saturated heterocycles. The van der Waals surface area contributed by atoms with Gasteiger partial charge >= 0.3 is 0 Å². The Hall–Kier alpha value is -2.90. The molecule has 2 aliphatic rings. The van der Waals surface area contributed by atoms with Crippen molar-refractivity contribution in [3.63, 3.8) is 0 Å². The summed E-state index contributed by atoms with van der Waals surface area (Å²) in [5.74, 6) is -0.394. The first-order chi connectivity index (χ1) is 16.2. The van der Waals surface area contributed by atoms with Gasteiger partial charge in [0.2, 0.25) is 17.7 Å². The van der Waals surface area contributed by atoms with Gasteiger partial charge in [-0.15, -0.1) is 0 Å². The van der Waals surface area contributed by atoms with Crippen LogP contribution >= 0.6 is 0 Å². The summed E-state index contributed by atoms with van der Waals surface area (Å²) in [7, 11) is 0. The molecule has 1 atom stereocenters. The summed E-state index contributed by atoms with van der Waals surface area (Å²) in [5, 5.41) is 6.01. The van der Waals surface area contributed by atoms with E-state index in [0.29, 0.717) is 38.4 Å². The second-order valence-corrected chi connectivity index (χ2v) is 9.83. The number of amides is 4. The van der Waals surface area contributed by atoms with Crippen LogP contribution in [0.1, 0.15) is 64.0 Å². The number of carbonyl (C=O) groups is 4. The van der Waals surface area contributed by atoms with Gasteiger partial charge in [-0.2, -0.15) is 0 Å². The lowest BCUT2D eigenvalue weighted by Gasteiger charge is -2.39. The Kier molecular flexibility index (Phi) is 8.69. The number of hydrogen-bond acceptors (Lipinski definition) is 4. The van der Waals surface area contributed by atoms with Crippen LogP contribution in [-0.2, 0) is 31.1 Å². The van der Waals surface area contributed by atoms with Crippen molar-refractivity contribution in [2.24, 2.45) is 5.92 Å². The molecular formula is C26H38N4O4. The van der Waals surface area contributed by atoms with Crippen molar-refractivity contribution in [2.45, 2.75) is 64.8 Å².